The van der Waals surface area contributed by atoms with Gasteiger partial charge >= 0.3 is 0 Å². The zero-order valence-electron chi connectivity index (χ0n) is 5.26. The molecule has 0 aliphatic carbocycles. The lowest BCUT2D eigenvalue weighted by Crippen LogP contribution is -2.68. The van der Waals surface area contributed by atoms with E-state index in [-0.39, 0.29) is 18.0 Å². The number of carbonyl (C=O) groups is 1. The Labute approximate surface area is 53.4 Å². The molecule has 1 heterocycles. The van der Waals surface area contributed by atoms with Gasteiger partial charge in [0, 0.05) is 7.11 Å². The summed E-state index contributed by atoms with van der Waals surface area (Å²) in [6, 6.07) is -0.326. The quantitative estimate of drug-likeness (QED) is 0.445. The Bertz CT molecular complexity index is 126. The molecule has 0 bridgehead atoms. The van der Waals surface area contributed by atoms with Crippen molar-refractivity contribution in [2.24, 2.45) is 5.73 Å². The summed E-state index contributed by atoms with van der Waals surface area (Å²) >= 11 is 0. The van der Waals surface area contributed by atoms with Crippen LogP contribution in [0.4, 0.5) is 0 Å². The maximum absolute atomic E-state index is 10.4. The molecule has 0 aromatic carbocycles. The number of β-lactam (4-membered cyclic amide) rings is 1. The third kappa shape index (κ3) is 1.04. The lowest BCUT2D eigenvalue weighted by atomic mass is 10.0. The Morgan fingerprint density at radius 3 is 2.89 bits per heavy atom. The molecule has 0 radical (unpaired) electrons. The molecule has 1 fully saturated rings. The monoisotopic (exact) mass is 130 g/mol. The van der Waals surface area contributed by atoms with E-state index in [4.69, 9.17) is 10.5 Å². The SMILES string of the molecule is COC[C@H]1NC(=O)[C@H]1N. The number of hydrogen-bond donors (Lipinski definition) is 2. The van der Waals surface area contributed by atoms with Gasteiger partial charge in [-0.3, -0.25) is 4.79 Å². The van der Waals surface area contributed by atoms with Gasteiger partial charge in [0.25, 0.3) is 0 Å². The van der Waals surface area contributed by atoms with Gasteiger partial charge in [0.05, 0.1) is 12.6 Å². The van der Waals surface area contributed by atoms with Crippen LogP contribution in [0, 0.1) is 0 Å². The highest BCUT2D eigenvalue weighted by Gasteiger charge is 2.35. The highest BCUT2D eigenvalue weighted by Crippen LogP contribution is 2.02. The van der Waals surface area contributed by atoms with Crippen molar-refractivity contribution < 1.29 is 9.53 Å². The Balaban J connectivity index is 2.25. The molecule has 2 atom stereocenters. The number of ether oxygens (including phenoxy) is 1. The van der Waals surface area contributed by atoms with Crippen LogP contribution in [0.1, 0.15) is 0 Å². The average molecular weight is 130 g/mol. The van der Waals surface area contributed by atoms with Crippen molar-refractivity contribution in [2.75, 3.05) is 13.7 Å². The first-order valence-corrected chi connectivity index (χ1v) is 2.80. The fourth-order valence-electron chi connectivity index (χ4n) is 0.780. The Morgan fingerprint density at radius 2 is 2.56 bits per heavy atom. The predicted octanol–water partition coefficient (Wildman–Crippen LogP) is -1.54. The molecule has 4 nitrogen and oxygen atoms in total. The van der Waals surface area contributed by atoms with Gasteiger partial charge in [-0.15, -0.1) is 0 Å². The van der Waals surface area contributed by atoms with Crippen molar-refractivity contribution in [3.63, 3.8) is 0 Å². The number of methoxy groups -OCH3 is 1. The molecule has 0 saturated carbocycles. The van der Waals surface area contributed by atoms with Crippen molar-refractivity contribution in [3.8, 4) is 0 Å². The molecule has 52 valence electrons. The van der Waals surface area contributed by atoms with Crippen molar-refractivity contribution in [1.29, 1.82) is 0 Å². The van der Waals surface area contributed by atoms with Gasteiger partial charge in [-0.05, 0) is 0 Å². The molecule has 1 aliphatic heterocycles. The largest absolute Gasteiger partial charge is 0.382 e. The molecule has 0 unspecified atom stereocenters. The van der Waals surface area contributed by atoms with Gasteiger partial charge in [-0.25, -0.2) is 0 Å². The smallest absolute Gasteiger partial charge is 0.239 e. The van der Waals surface area contributed by atoms with Crippen LogP contribution in [0.5, 0.6) is 0 Å². The van der Waals surface area contributed by atoms with Crippen LogP contribution < -0.4 is 11.1 Å². The number of nitrogens with one attached hydrogen (secondary N) is 1. The van der Waals surface area contributed by atoms with Crippen molar-refractivity contribution >= 4 is 5.91 Å². The highest BCUT2D eigenvalue weighted by atomic mass is 16.5. The Kier molecular flexibility index (Phi) is 1.68. The molecule has 9 heavy (non-hydrogen) atoms. The summed E-state index contributed by atoms with van der Waals surface area (Å²) in [5.41, 5.74) is 5.36. The van der Waals surface area contributed by atoms with Crippen LogP contribution in [-0.2, 0) is 9.53 Å². The van der Waals surface area contributed by atoms with Crippen LogP contribution in [-0.4, -0.2) is 31.7 Å². The third-order valence-corrected chi connectivity index (χ3v) is 1.41. The first-order chi connectivity index (χ1) is 4.25. The summed E-state index contributed by atoms with van der Waals surface area (Å²) in [5.74, 6) is -0.0861. The summed E-state index contributed by atoms with van der Waals surface area (Å²) in [5, 5.41) is 2.60. The number of nitrogens with two attached hydrogens (primary N) is 1. The zero-order chi connectivity index (χ0) is 6.85. The standard InChI is InChI=1S/C5H10N2O2/c1-9-2-3-4(6)5(8)7-3/h3-4H,2,6H2,1H3,(H,7,8)/t3-,4+/m1/s1. The van der Waals surface area contributed by atoms with E-state index >= 15 is 0 Å². The summed E-state index contributed by atoms with van der Waals surface area (Å²) < 4.78 is 4.77. The van der Waals surface area contributed by atoms with Crippen LogP contribution in [0.15, 0.2) is 0 Å². The summed E-state index contributed by atoms with van der Waals surface area (Å²) in [4.78, 5) is 10.4. The molecule has 0 aromatic heterocycles. The molecular weight excluding hydrogens is 120 g/mol. The van der Waals surface area contributed by atoms with Crippen LogP contribution in [0.3, 0.4) is 0 Å². The number of hydrogen-bond acceptors (Lipinski definition) is 3. The third-order valence-electron chi connectivity index (χ3n) is 1.41. The second-order valence-corrected chi connectivity index (χ2v) is 2.10. The van der Waals surface area contributed by atoms with Crippen molar-refractivity contribution in [1.82, 2.24) is 5.32 Å². The van der Waals surface area contributed by atoms with Crippen LogP contribution in [0.2, 0.25) is 0 Å². The normalized spacial score (nSPS) is 33.3. The predicted molar refractivity (Wildman–Crippen MR) is 31.8 cm³/mol. The van der Waals surface area contributed by atoms with Gasteiger partial charge < -0.3 is 15.8 Å². The molecule has 0 spiro atoms. The first-order valence-electron chi connectivity index (χ1n) is 2.80. The second-order valence-electron chi connectivity index (χ2n) is 2.10. The maximum atomic E-state index is 10.4. The molecule has 4 heteroatoms. The fourth-order valence-corrected chi connectivity index (χ4v) is 0.780. The minimum atomic E-state index is -0.357. The van der Waals surface area contributed by atoms with E-state index in [0.29, 0.717) is 6.61 Å². The van der Waals surface area contributed by atoms with E-state index in [0.717, 1.165) is 0 Å². The van der Waals surface area contributed by atoms with E-state index in [1.165, 1.54) is 0 Å². The van der Waals surface area contributed by atoms with Gasteiger partial charge in [0.1, 0.15) is 6.04 Å². The maximum Gasteiger partial charge on any atom is 0.239 e. The minimum absolute atomic E-state index is 0.0301. The van der Waals surface area contributed by atoms with Crippen molar-refractivity contribution in [3.05, 3.63) is 0 Å². The molecule has 1 rings (SSSR count). The van der Waals surface area contributed by atoms with Crippen LogP contribution >= 0.6 is 0 Å². The number of amides is 1. The van der Waals surface area contributed by atoms with E-state index in [9.17, 15) is 4.79 Å². The van der Waals surface area contributed by atoms with E-state index < -0.39 is 0 Å². The summed E-state index contributed by atoms with van der Waals surface area (Å²) in [6.07, 6.45) is 0. The van der Waals surface area contributed by atoms with Crippen LogP contribution in [0.25, 0.3) is 0 Å². The molecular formula is C5H10N2O2. The Morgan fingerprint density at radius 1 is 1.89 bits per heavy atom. The summed E-state index contributed by atoms with van der Waals surface area (Å²) in [6.45, 7) is 0.507. The fraction of sp³-hybridized carbons (Fsp3) is 0.800. The van der Waals surface area contributed by atoms with E-state index in [1.54, 1.807) is 7.11 Å². The molecule has 1 aliphatic rings. The highest BCUT2D eigenvalue weighted by molar-refractivity contribution is 5.88. The van der Waals surface area contributed by atoms with Gasteiger partial charge in [0.15, 0.2) is 0 Å². The topological polar surface area (TPSA) is 64.3 Å². The lowest BCUT2D eigenvalue weighted by Gasteiger charge is -2.32. The molecule has 1 amide bonds. The zero-order valence-corrected chi connectivity index (χ0v) is 5.26. The average Bonchev–Trinajstić information content (AvgIpc) is 1.88. The second kappa shape index (κ2) is 2.33. The Hall–Kier alpha value is -0.610. The minimum Gasteiger partial charge on any atom is -0.382 e. The number of rotatable bonds is 2. The number of carbonyl (C=O) groups excluding carboxylic acids is 1. The molecule has 0 aromatic rings. The van der Waals surface area contributed by atoms with Gasteiger partial charge in [-0.2, -0.15) is 0 Å². The van der Waals surface area contributed by atoms with E-state index in [1.807, 2.05) is 0 Å². The first kappa shape index (κ1) is 6.51. The molecule has 1 saturated heterocycles. The van der Waals surface area contributed by atoms with E-state index in [2.05, 4.69) is 5.32 Å². The van der Waals surface area contributed by atoms with Crippen molar-refractivity contribution in [2.45, 2.75) is 12.1 Å². The molecule has 3 N–H and O–H groups in total. The van der Waals surface area contributed by atoms with Gasteiger partial charge in [0.2, 0.25) is 5.91 Å². The summed E-state index contributed by atoms with van der Waals surface area (Å²) in [7, 11) is 1.58. The van der Waals surface area contributed by atoms with Gasteiger partial charge in [-0.1, -0.05) is 0 Å². The lowest BCUT2D eigenvalue weighted by molar-refractivity contribution is -0.131.